The quantitative estimate of drug-likeness (QED) is 0.906. The summed E-state index contributed by atoms with van der Waals surface area (Å²) in [5.41, 5.74) is 1.25. The molecule has 0 unspecified atom stereocenters. The predicted octanol–water partition coefficient (Wildman–Crippen LogP) is 4.04. The first-order valence-electron chi connectivity index (χ1n) is 6.80. The van der Waals surface area contributed by atoms with Crippen molar-refractivity contribution in [2.24, 2.45) is 0 Å². The van der Waals surface area contributed by atoms with E-state index in [0.717, 1.165) is 37.6 Å². The monoisotopic (exact) mass is 301 g/mol. The third-order valence-corrected chi connectivity index (χ3v) is 4.35. The van der Waals surface area contributed by atoms with Gasteiger partial charge in [-0.3, -0.25) is 0 Å². The molecule has 0 aliphatic carbocycles. The number of nitrogens with one attached hydrogen (secondary N) is 1. The number of rotatable bonds is 4. The van der Waals surface area contributed by atoms with Crippen LogP contribution in [0.2, 0.25) is 10.0 Å². The second kappa shape index (κ2) is 6.45. The summed E-state index contributed by atoms with van der Waals surface area (Å²) in [6.45, 7) is 6.83. The Hall–Kier alpha value is -0.280. The molecule has 1 aliphatic heterocycles. The van der Waals surface area contributed by atoms with Crippen LogP contribution in [-0.4, -0.2) is 25.8 Å². The maximum absolute atomic E-state index is 6.41. The topological polar surface area (TPSA) is 21.3 Å². The summed E-state index contributed by atoms with van der Waals surface area (Å²) < 4.78 is 5.52. The lowest BCUT2D eigenvalue weighted by Gasteiger charge is -2.39. The van der Waals surface area contributed by atoms with Crippen molar-refractivity contribution in [1.82, 2.24) is 5.32 Å². The Labute approximate surface area is 125 Å². The first kappa shape index (κ1) is 15.1. The maximum Gasteiger partial charge on any atom is 0.0475 e. The van der Waals surface area contributed by atoms with E-state index in [2.05, 4.69) is 25.2 Å². The molecule has 1 fully saturated rings. The zero-order valence-corrected chi connectivity index (χ0v) is 13.0. The summed E-state index contributed by atoms with van der Waals surface area (Å²) in [7, 11) is 0. The Morgan fingerprint density at radius 1 is 1.26 bits per heavy atom. The van der Waals surface area contributed by atoms with Crippen LogP contribution in [0.25, 0.3) is 0 Å². The Morgan fingerprint density at radius 2 is 1.95 bits per heavy atom. The third kappa shape index (κ3) is 3.63. The van der Waals surface area contributed by atoms with Gasteiger partial charge in [-0.25, -0.2) is 0 Å². The van der Waals surface area contributed by atoms with Crippen molar-refractivity contribution in [3.8, 4) is 0 Å². The van der Waals surface area contributed by atoms with Gasteiger partial charge >= 0.3 is 0 Å². The highest BCUT2D eigenvalue weighted by atomic mass is 35.5. The molecular formula is C15H21Cl2NO. The molecule has 1 saturated heterocycles. The number of benzene rings is 1. The van der Waals surface area contributed by atoms with E-state index in [4.69, 9.17) is 27.9 Å². The lowest BCUT2D eigenvalue weighted by atomic mass is 9.74. The van der Waals surface area contributed by atoms with Gasteiger partial charge in [0.1, 0.15) is 0 Å². The van der Waals surface area contributed by atoms with Gasteiger partial charge in [0.15, 0.2) is 0 Å². The average Bonchev–Trinajstić information content (AvgIpc) is 2.37. The van der Waals surface area contributed by atoms with Gasteiger partial charge in [-0.1, -0.05) is 43.1 Å². The zero-order chi connectivity index (χ0) is 13.9. The molecule has 19 heavy (non-hydrogen) atoms. The van der Waals surface area contributed by atoms with Gasteiger partial charge in [0.2, 0.25) is 0 Å². The maximum atomic E-state index is 6.41. The van der Waals surface area contributed by atoms with Crippen molar-refractivity contribution >= 4 is 23.2 Å². The van der Waals surface area contributed by atoms with Crippen LogP contribution < -0.4 is 5.32 Å². The van der Waals surface area contributed by atoms with Crippen LogP contribution in [0.3, 0.4) is 0 Å². The molecule has 2 rings (SSSR count). The molecular weight excluding hydrogens is 281 g/mol. The van der Waals surface area contributed by atoms with E-state index in [9.17, 15) is 0 Å². The highest BCUT2D eigenvalue weighted by Gasteiger charge is 2.35. The van der Waals surface area contributed by atoms with Gasteiger partial charge in [-0.2, -0.15) is 0 Å². The molecule has 1 aromatic carbocycles. The van der Waals surface area contributed by atoms with Gasteiger partial charge in [0, 0.05) is 41.3 Å². The van der Waals surface area contributed by atoms with E-state index >= 15 is 0 Å². The van der Waals surface area contributed by atoms with E-state index in [1.54, 1.807) is 0 Å². The average molecular weight is 302 g/mol. The largest absolute Gasteiger partial charge is 0.381 e. The summed E-state index contributed by atoms with van der Waals surface area (Å²) in [5.74, 6) is 0. The molecule has 0 aromatic heterocycles. The molecule has 0 spiro atoms. The highest BCUT2D eigenvalue weighted by Crippen LogP contribution is 2.39. The lowest BCUT2D eigenvalue weighted by Crippen LogP contribution is -2.44. The van der Waals surface area contributed by atoms with Crippen LogP contribution in [0.15, 0.2) is 18.2 Å². The van der Waals surface area contributed by atoms with Gasteiger partial charge < -0.3 is 10.1 Å². The fourth-order valence-corrected chi connectivity index (χ4v) is 3.23. The highest BCUT2D eigenvalue weighted by molar-refractivity contribution is 6.35. The molecule has 0 atom stereocenters. The SMILES string of the molecule is CC(C)NCC1(c2ccc(Cl)cc2Cl)CCOCC1. The van der Waals surface area contributed by atoms with Crippen LogP contribution in [0, 0.1) is 0 Å². The van der Waals surface area contributed by atoms with Crippen molar-refractivity contribution in [3.63, 3.8) is 0 Å². The summed E-state index contributed by atoms with van der Waals surface area (Å²) in [5, 5.41) is 5.00. The first-order valence-corrected chi connectivity index (χ1v) is 7.56. The van der Waals surface area contributed by atoms with Gasteiger partial charge in [-0.05, 0) is 30.5 Å². The van der Waals surface area contributed by atoms with Crippen molar-refractivity contribution in [2.75, 3.05) is 19.8 Å². The standard InChI is InChI=1S/C15H21Cl2NO/c1-11(2)18-10-15(5-7-19-8-6-15)13-4-3-12(16)9-14(13)17/h3-4,9,11,18H,5-8,10H2,1-2H3. The molecule has 2 nitrogen and oxygen atoms in total. The minimum absolute atomic E-state index is 0.0597. The van der Waals surface area contributed by atoms with Crippen LogP contribution in [0.1, 0.15) is 32.3 Å². The summed E-state index contributed by atoms with van der Waals surface area (Å²) in [6, 6.07) is 6.30. The molecule has 1 aromatic rings. The number of hydrogen-bond acceptors (Lipinski definition) is 2. The second-order valence-corrected chi connectivity index (χ2v) is 6.40. The number of hydrogen-bond donors (Lipinski definition) is 1. The van der Waals surface area contributed by atoms with Crippen LogP contribution in [0.5, 0.6) is 0 Å². The lowest BCUT2D eigenvalue weighted by molar-refractivity contribution is 0.0492. The second-order valence-electron chi connectivity index (χ2n) is 5.55. The normalized spacial score (nSPS) is 18.8. The van der Waals surface area contributed by atoms with Crippen molar-refractivity contribution < 1.29 is 4.74 Å². The molecule has 1 N–H and O–H groups in total. The van der Waals surface area contributed by atoms with Crippen molar-refractivity contribution in [2.45, 2.75) is 38.1 Å². The fraction of sp³-hybridized carbons (Fsp3) is 0.600. The molecule has 0 amide bonds. The minimum Gasteiger partial charge on any atom is -0.381 e. The molecule has 0 bridgehead atoms. The molecule has 0 radical (unpaired) electrons. The van der Waals surface area contributed by atoms with Crippen LogP contribution >= 0.6 is 23.2 Å². The molecule has 0 saturated carbocycles. The summed E-state index contributed by atoms with van der Waals surface area (Å²) in [6.07, 6.45) is 1.99. The van der Waals surface area contributed by atoms with Crippen LogP contribution in [0.4, 0.5) is 0 Å². The predicted molar refractivity (Wildman–Crippen MR) is 81.3 cm³/mol. The summed E-state index contributed by atoms with van der Waals surface area (Å²) in [4.78, 5) is 0. The van der Waals surface area contributed by atoms with E-state index in [0.29, 0.717) is 11.1 Å². The van der Waals surface area contributed by atoms with Crippen molar-refractivity contribution in [3.05, 3.63) is 33.8 Å². The Bertz CT molecular complexity index is 428. The molecule has 1 aliphatic rings. The Morgan fingerprint density at radius 3 is 2.53 bits per heavy atom. The Balaban J connectivity index is 2.30. The van der Waals surface area contributed by atoms with Crippen LogP contribution in [-0.2, 0) is 10.2 Å². The molecule has 1 heterocycles. The summed E-state index contributed by atoms with van der Waals surface area (Å²) >= 11 is 12.4. The van der Waals surface area contributed by atoms with Gasteiger partial charge in [0.05, 0.1) is 0 Å². The fourth-order valence-electron chi connectivity index (χ4n) is 2.62. The van der Waals surface area contributed by atoms with E-state index in [1.165, 1.54) is 5.56 Å². The van der Waals surface area contributed by atoms with Gasteiger partial charge in [-0.15, -0.1) is 0 Å². The number of ether oxygens (including phenoxy) is 1. The van der Waals surface area contributed by atoms with Gasteiger partial charge in [0.25, 0.3) is 0 Å². The smallest absolute Gasteiger partial charge is 0.0475 e. The van der Waals surface area contributed by atoms with E-state index in [-0.39, 0.29) is 5.41 Å². The molecule has 4 heteroatoms. The first-order chi connectivity index (χ1) is 9.03. The molecule has 106 valence electrons. The Kier molecular flexibility index (Phi) is 5.13. The minimum atomic E-state index is 0.0597. The number of halogens is 2. The van der Waals surface area contributed by atoms with E-state index in [1.807, 2.05) is 12.1 Å². The van der Waals surface area contributed by atoms with Crippen molar-refractivity contribution in [1.29, 1.82) is 0 Å². The third-order valence-electron chi connectivity index (χ3n) is 3.80. The van der Waals surface area contributed by atoms with E-state index < -0.39 is 0 Å². The zero-order valence-electron chi connectivity index (χ0n) is 11.5.